The van der Waals surface area contributed by atoms with E-state index in [1.54, 1.807) is 0 Å². The highest BCUT2D eigenvalue weighted by Crippen LogP contribution is 2.33. The van der Waals surface area contributed by atoms with Gasteiger partial charge in [-0.2, -0.15) is 0 Å². The number of hydrogen-bond acceptors (Lipinski definition) is 1. The van der Waals surface area contributed by atoms with Crippen molar-refractivity contribution in [2.45, 2.75) is 6.10 Å². The molecule has 0 amide bonds. The van der Waals surface area contributed by atoms with Gasteiger partial charge in [0.25, 0.3) is 0 Å². The molecule has 0 saturated heterocycles. The third-order valence-electron chi connectivity index (χ3n) is 2.59. The van der Waals surface area contributed by atoms with Gasteiger partial charge in [0.15, 0.2) is 0 Å². The molecule has 0 aromatic heterocycles. The van der Waals surface area contributed by atoms with Gasteiger partial charge in [0, 0.05) is 20.6 Å². The number of halogens is 5. The van der Waals surface area contributed by atoms with Gasteiger partial charge in [-0.25, -0.2) is 8.78 Å². The van der Waals surface area contributed by atoms with Crippen molar-refractivity contribution in [2.24, 2.45) is 0 Å². The van der Waals surface area contributed by atoms with Crippen LogP contribution in [0.15, 0.2) is 34.8 Å². The summed E-state index contributed by atoms with van der Waals surface area (Å²) in [6.45, 7) is 0. The minimum absolute atomic E-state index is 0.107. The lowest BCUT2D eigenvalue weighted by Gasteiger charge is -2.14. The van der Waals surface area contributed by atoms with Gasteiger partial charge in [0.1, 0.15) is 17.7 Å². The molecule has 1 nitrogen and oxygen atoms in total. The number of rotatable bonds is 2. The molecule has 0 spiro atoms. The molecule has 0 bridgehead atoms. The van der Waals surface area contributed by atoms with Crippen LogP contribution in [0.1, 0.15) is 17.2 Å². The highest BCUT2D eigenvalue weighted by molar-refractivity contribution is 9.10. The Morgan fingerprint density at radius 2 is 1.63 bits per heavy atom. The van der Waals surface area contributed by atoms with Crippen LogP contribution in [0.4, 0.5) is 8.78 Å². The fourth-order valence-corrected chi connectivity index (χ4v) is 2.31. The van der Waals surface area contributed by atoms with Gasteiger partial charge < -0.3 is 5.11 Å². The van der Waals surface area contributed by atoms with Crippen LogP contribution < -0.4 is 0 Å². The maximum atomic E-state index is 13.8. The smallest absolute Gasteiger partial charge is 0.130 e. The number of benzene rings is 2. The third-order valence-corrected chi connectivity index (χ3v) is 4.02. The summed E-state index contributed by atoms with van der Waals surface area (Å²) in [4.78, 5) is 0. The normalized spacial score (nSPS) is 12.5. The van der Waals surface area contributed by atoms with Crippen molar-refractivity contribution < 1.29 is 13.9 Å². The molecule has 1 unspecified atom stereocenters. The van der Waals surface area contributed by atoms with Crippen molar-refractivity contribution in [3.63, 3.8) is 0 Å². The zero-order chi connectivity index (χ0) is 14.2. The molecule has 6 heteroatoms. The number of aliphatic hydroxyl groups is 1. The standard InChI is InChI=1S/C13H7BrCl2F2O/c14-9-5-12(18)8(4-10(9)16)13(19)7-3-6(15)1-2-11(7)17/h1-5,13,19H. The SMILES string of the molecule is OC(c1cc(Cl)ccc1F)c1cc(Cl)c(Br)cc1F. The summed E-state index contributed by atoms with van der Waals surface area (Å²) >= 11 is 14.6. The Morgan fingerprint density at radius 1 is 1.00 bits per heavy atom. The van der Waals surface area contributed by atoms with Gasteiger partial charge in [0.2, 0.25) is 0 Å². The molecule has 1 N–H and O–H groups in total. The van der Waals surface area contributed by atoms with Crippen LogP contribution >= 0.6 is 39.1 Å². The Bertz CT molecular complexity index is 634. The third kappa shape index (κ3) is 3.08. The van der Waals surface area contributed by atoms with Crippen LogP contribution in [-0.4, -0.2) is 5.11 Å². The summed E-state index contributed by atoms with van der Waals surface area (Å²) in [6.07, 6.45) is -1.48. The van der Waals surface area contributed by atoms with Crippen molar-refractivity contribution in [3.8, 4) is 0 Å². The van der Waals surface area contributed by atoms with Crippen molar-refractivity contribution in [2.75, 3.05) is 0 Å². The quantitative estimate of drug-likeness (QED) is 0.730. The molecule has 19 heavy (non-hydrogen) atoms. The topological polar surface area (TPSA) is 20.2 Å². The molecule has 0 saturated carbocycles. The predicted molar refractivity (Wildman–Crippen MR) is 74.6 cm³/mol. The van der Waals surface area contributed by atoms with E-state index in [2.05, 4.69) is 15.9 Å². The molecule has 1 atom stereocenters. The summed E-state index contributed by atoms with van der Waals surface area (Å²) in [5.74, 6) is -1.36. The second-order valence-electron chi connectivity index (χ2n) is 3.86. The zero-order valence-electron chi connectivity index (χ0n) is 9.30. The zero-order valence-corrected chi connectivity index (χ0v) is 12.4. The van der Waals surface area contributed by atoms with Crippen LogP contribution in [0.3, 0.4) is 0 Å². The Hall–Kier alpha value is -0.680. The summed E-state index contributed by atoms with van der Waals surface area (Å²) in [5.41, 5.74) is -0.223. The van der Waals surface area contributed by atoms with Crippen LogP contribution in [0, 0.1) is 11.6 Å². The second kappa shape index (κ2) is 5.75. The highest BCUT2D eigenvalue weighted by atomic mass is 79.9. The molecular formula is C13H7BrCl2F2O. The Labute approximate surface area is 126 Å². The molecule has 0 radical (unpaired) electrons. The van der Waals surface area contributed by atoms with Gasteiger partial charge >= 0.3 is 0 Å². The first-order chi connectivity index (χ1) is 8.90. The average molecular weight is 368 g/mol. The van der Waals surface area contributed by atoms with Gasteiger partial charge in [-0.15, -0.1) is 0 Å². The van der Waals surface area contributed by atoms with Crippen molar-refractivity contribution in [1.82, 2.24) is 0 Å². The second-order valence-corrected chi connectivity index (χ2v) is 5.55. The summed E-state index contributed by atoms with van der Waals surface area (Å²) in [6, 6.07) is 6.06. The average Bonchev–Trinajstić information content (AvgIpc) is 2.36. The molecular weight excluding hydrogens is 361 g/mol. The lowest BCUT2D eigenvalue weighted by molar-refractivity contribution is 0.209. The first-order valence-corrected chi connectivity index (χ1v) is 6.72. The minimum Gasteiger partial charge on any atom is -0.383 e. The fourth-order valence-electron chi connectivity index (χ4n) is 1.64. The summed E-state index contributed by atoms with van der Waals surface area (Å²) in [5, 5.41) is 10.6. The largest absolute Gasteiger partial charge is 0.383 e. The first-order valence-electron chi connectivity index (χ1n) is 5.17. The monoisotopic (exact) mass is 366 g/mol. The van der Waals surface area contributed by atoms with E-state index in [4.69, 9.17) is 23.2 Å². The van der Waals surface area contributed by atoms with E-state index >= 15 is 0 Å². The summed E-state index contributed by atoms with van der Waals surface area (Å²) in [7, 11) is 0. The van der Waals surface area contributed by atoms with Gasteiger partial charge in [-0.1, -0.05) is 23.2 Å². The fraction of sp³-hybridized carbons (Fsp3) is 0.0769. The summed E-state index contributed by atoms with van der Waals surface area (Å²) < 4.78 is 27.8. The molecule has 0 aliphatic heterocycles. The Morgan fingerprint density at radius 3 is 2.32 bits per heavy atom. The van der Waals surface area contributed by atoms with Crippen molar-refractivity contribution in [1.29, 1.82) is 0 Å². The maximum Gasteiger partial charge on any atom is 0.130 e. The first kappa shape index (κ1) is 14.7. The molecule has 100 valence electrons. The van der Waals surface area contributed by atoms with E-state index in [9.17, 15) is 13.9 Å². The molecule has 0 heterocycles. The van der Waals surface area contributed by atoms with Gasteiger partial charge in [-0.3, -0.25) is 0 Å². The lowest BCUT2D eigenvalue weighted by Crippen LogP contribution is -2.05. The van der Waals surface area contributed by atoms with Crippen molar-refractivity contribution in [3.05, 3.63) is 67.6 Å². The minimum atomic E-state index is -1.48. The van der Waals surface area contributed by atoms with E-state index in [0.29, 0.717) is 4.47 Å². The van der Waals surface area contributed by atoms with Crippen LogP contribution in [0.2, 0.25) is 10.0 Å². The lowest BCUT2D eigenvalue weighted by atomic mass is 10.0. The predicted octanol–water partition coefficient (Wildman–Crippen LogP) is 5.12. The molecule has 0 aliphatic carbocycles. The van der Waals surface area contributed by atoms with E-state index in [1.807, 2.05) is 0 Å². The Balaban J connectivity index is 2.52. The maximum absolute atomic E-state index is 13.8. The number of aliphatic hydroxyl groups excluding tert-OH is 1. The molecule has 0 fully saturated rings. The van der Waals surface area contributed by atoms with E-state index in [-0.39, 0.29) is 21.2 Å². The van der Waals surface area contributed by atoms with E-state index in [1.165, 1.54) is 18.2 Å². The molecule has 2 rings (SSSR count). The Kier molecular flexibility index (Phi) is 4.46. The van der Waals surface area contributed by atoms with Crippen LogP contribution in [-0.2, 0) is 0 Å². The molecule has 0 aliphatic rings. The molecule has 2 aromatic rings. The molecule has 2 aromatic carbocycles. The van der Waals surface area contributed by atoms with Gasteiger partial charge in [-0.05, 0) is 46.3 Å². The van der Waals surface area contributed by atoms with Crippen molar-refractivity contribution >= 4 is 39.1 Å². The van der Waals surface area contributed by atoms with Crippen LogP contribution in [0.5, 0.6) is 0 Å². The highest BCUT2D eigenvalue weighted by Gasteiger charge is 2.20. The van der Waals surface area contributed by atoms with E-state index < -0.39 is 17.7 Å². The van der Waals surface area contributed by atoms with Crippen LogP contribution in [0.25, 0.3) is 0 Å². The number of hydrogen-bond donors (Lipinski definition) is 1. The van der Waals surface area contributed by atoms with E-state index in [0.717, 1.165) is 12.1 Å². The van der Waals surface area contributed by atoms with Gasteiger partial charge in [0.05, 0.1) is 5.02 Å².